The molecule has 0 N–H and O–H groups in total. The first kappa shape index (κ1) is 16.2. The van der Waals surface area contributed by atoms with Crippen LogP contribution in [0.25, 0.3) is 5.69 Å². The van der Waals surface area contributed by atoms with E-state index in [0.717, 1.165) is 18.0 Å². The molecule has 0 aliphatic rings. The predicted molar refractivity (Wildman–Crippen MR) is 86.4 cm³/mol. The van der Waals surface area contributed by atoms with E-state index in [9.17, 15) is 0 Å². The highest BCUT2D eigenvalue weighted by Gasteiger charge is 2.10. The van der Waals surface area contributed by atoms with Crippen LogP contribution in [-0.2, 0) is 6.67 Å². The van der Waals surface area contributed by atoms with Crippen LogP contribution in [0.3, 0.4) is 0 Å². The second-order valence-corrected chi connectivity index (χ2v) is 5.08. The van der Waals surface area contributed by atoms with E-state index in [2.05, 4.69) is 23.0 Å². The quantitative estimate of drug-likeness (QED) is 0.735. The SMILES string of the molecule is CCN(CCC#N)Cn1ncn(-c2ccccc2OC)c1=S. The van der Waals surface area contributed by atoms with Crippen molar-refractivity contribution < 1.29 is 4.74 Å². The Labute approximate surface area is 135 Å². The van der Waals surface area contributed by atoms with Gasteiger partial charge in [0.2, 0.25) is 4.77 Å². The molecule has 1 heterocycles. The lowest BCUT2D eigenvalue weighted by Gasteiger charge is -2.18. The Kier molecular flexibility index (Phi) is 5.69. The number of nitrogens with zero attached hydrogens (tertiary/aromatic N) is 5. The standard InChI is InChI=1S/C15H19N5OS/c1-3-18(10-6-9-16)12-20-15(22)19(11-17-20)13-7-4-5-8-14(13)21-2/h4-5,7-8,11H,3,6,10,12H2,1-2H3. The molecule has 0 bridgehead atoms. The molecule has 1 aromatic carbocycles. The van der Waals surface area contributed by atoms with E-state index in [4.69, 9.17) is 22.2 Å². The summed E-state index contributed by atoms with van der Waals surface area (Å²) in [5.41, 5.74) is 0.862. The normalized spacial score (nSPS) is 10.6. The van der Waals surface area contributed by atoms with Gasteiger partial charge in [-0.15, -0.1) is 0 Å². The van der Waals surface area contributed by atoms with E-state index >= 15 is 0 Å². The van der Waals surface area contributed by atoms with Gasteiger partial charge in [0.15, 0.2) is 0 Å². The lowest BCUT2D eigenvalue weighted by atomic mass is 10.3. The van der Waals surface area contributed by atoms with Crippen LogP contribution in [0.1, 0.15) is 13.3 Å². The summed E-state index contributed by atoms with van der Waals surface area (Å²) in [6.45, 7) is 4.17. The van der Waals surface area contributed by atoms with Crippen LogP contribution in [0, 0.1) is 16.1 Å². The Morgan fingerprint density at radius 3 is 2.86 bits per heavy atom. The third kappa shape index (κ3) is 3.53. The molecule has 7 heteroatoms. The maximum atomic E-state index is 8.70. The molecule has 0 fully saturated rings. The maximum Gasteiger partial charge on any atom is 0.203 e. The smallest absolute Gasteiger partial charge is 0.203 e. The minimum atomic E-state index is 0.494. The highest BCUT2D eigenvalue weighted by Crippen LogP contribution is 2.22. The number of nitriles is 1. The van der Waals surface area contributed by atoms with Crippen molar-refractivity contribution in [2.45, 2.75) is 20.0 Å². The summed E-state index contributed by atoms with van der Waals surface area (Å²) >= 11 is 5.51. The van der Waals surface area contributed by atoms with Crippen LogP contribution < -0.4 is 4.74 Å². The van der Waals surface area contributed by atoms with E-state index in [1.54, 1.807) is 18.1 Å². The van der Waals surface area contributed by atoms with Gasteiger partial charge in [0.25, 0.3) is 0 Å². The van der Waals surface area contributed by atoms with Gasteiger partial charge < -0.3 is 4.74 Å². The summed E-state index contributed by atoms with van der Waals surface area (Å²) in [6.07, 6.45) is 2.19. The monoisotopic (exact) mass is 317 g/mol. The fourth-order valence-corrected chi connectivity index (χ4v) is 2.40. The number of aromatic nitrogens is 3. The van der Waals surface area contributed by atoms with Crippen LogP contribution in [0.4, 0.5) is 0 Å². The van der Waals surface area contributed by atoms with Crippen LogP contribution in [0.2, 0.25) is 0 Å². The van der Waals surface area contributed by atoms with Gasteiger partial charge in [0.1, 0.15) is 12.1 Å². The number of para-hydroxylation sites is 2. The summed E-state index contributed by atoms with van der Waals surface area (Å²) in [7, 11) is 1.63. The number of ether oxygens (including phenoxy) is 1. The fourth-order valence-electron chi connectivity index (χ4n) is 2.15. The third-order valence-corrected chi connectivity index (χ3v) is 3.81. The molecular formula is C15H19N5OS. The molecule has 2 aromatic rings. The highest BCUT2D eigenvalue weighted by atomic mass is 32.1. The largest absolute Gasteiger partial charge is 0.495 e. The van der Waals surface area contributed by atoms with E-state index < -0.39 is 0 Å². The molecule has 1 aromatic heterocycles. The molecular weight excluding hydrogens is 298 g/mol. The Hall–Kier alpha value is -2.17. The topological polar surface area (TPSA) is 59.0 Å². The van der Waals surface area contributed by atoms with Crippen LogP contribution in [0.5, 0.6) is 5.75 Å². The number of methoxy groups -OCH3 is 1. The second-order valence-electron chi connectivity index (χ2n) is 4.72. The summed E-state index contributed by atoms with van der Waals surface area (Å²) in [4.78, 5) is 2.12. The Balaban J connectivity index is 2.26. The fraction of sp³-hybridized carbons (Fsp3) is 0.400. The molecule has 0 spiro atoms. The molecule has 116 valence electrons. The molecule has 0 saturated heterocycles. The van der Waals surface area contributed by atoms with Crippen LogP contribution in [0.15, 0.2) is 30.6 Å². The molecule has 6 nitrogen and oxygen atoms in total. The minimum Gasteiger partial charge on any atom is -0.495 e. The van der Waals surface area contributed by atoms with Crippen molar-refractivity contribution in [1.29, 1.82) is 5.26 Å². The van der Waals surface area contributed by atoms with Crippen molar-refractivity contribution in [3.05, 3.63) is 35.4 Å². The van der Waals surface area contributed by atoms with E-state index in [1.165, 1.54) is 0 Å². The number of rotatable bonds is 7. The number of hydrogen-bond acceptors (Lipinski definition) is 5. The molecule has 0 aliphatic heterocycles. The van der Waals surface area contributed by atoms with Gasteiger partial charge in [-0.05, 0) is 30.9 Å². The van der Waals surface area contributed by atoms with Gasteiger partial charge >= 0.3 is 0 Å². The lowest BCUT2D eigenvalue weighted by molar-refractivity contribution is 0.220. The number of benzene rings is 1. The second kappa shape index (κ2) is 7.73. The highest BCUT2D eigenvalue weighted by molar-refractivity contribution is 7.71. The molecule has 0 aliphatic carbocycles. The Bertz CT molecular complexity index is 715. The Morgan fingerprint density at radius 1 is 1.41 bits per heavy atom. The van der Waals surface area contributed by atoms with Crippen molar-refractivity contribution in [2.75, 3.05) is 20.2 Å². The average Bonchev–Trinajstić information content (AvgIpc) is 2.91. The summed E-state index contributed by atoms with van der Waals surface area (Å²) in [5.74, 6) is 0.745. The lowest BCUT2D eigenvalue weighted by Crippen LogP contribution is -2.28. The van der Waals surface area contributed by atoms with Gasteiger partial charge in [-0.25, -0.2) is 4.68 Å². The van der Waals surface area contributed by atoms with E-state index in [0.29, 0.717) is 24.4 Å². The average molecular weight is 317 g/mol. The molecule has 2 rings (SSSR count). The zero-order valence-electron chi connectivity index (χ0n) is 12.8. The third-order valence-electron chi connectivity index (χ3n) is 3.40. The maximum absolute atomic E-state index is 8.70. The zero-order valence-corrected chi connectivity index (χ0v) is 13.6. The summed E-state index contributed by atoms with van der Waals surface area (Å²) < 4.78 is 9.54. The summed E-state index contributed by atoms with van der Waals surface area (Å²) in [5, 5.41) is 13.1. The van der Waals surface area contributed by atoms with Gasteiger partial charge in [0.05, 0.1) is 25.5 Å². The van der Waals surface area contributed by atoms with E-state index in [1.807, 2.05) is 28.8 Å². The van der Waals surface area contributed by atoms with Gasteiger partial charge in [0, 0.05) is 13.0 Å². The van der Waals surface area contributed by atoms with Gasteiger partial charge in [-0.1, -0.05) is 19.1 Å². The molecule has 22 heavy (non-hydrogen) atoms. The van der Waals surface area contributed by atoms with Gasteiger partial charge in [-0.3, -0.25) is 9.47 Å². The van der Waals surface area contributed by atoms with Gasteiger partial charge in [-0.2, -0.15) is 10.4 Å². The molecule has 0 amide bonds. The Morgan fingerprint density at radius 2 is 2.18 bits per heavy atom. The molecule has 0 atom stereocenters. The molecule has 0 saturated carbocycles. The van der Waals surface area contributed by atoms with Crippen molar-refractivity contribution in [2.24, 2.45) is 0 Å². The van der Waals surface area contributed by atoms with Crippen molar-refractivity contribution in [1.82, 2.24) is 19.2 Å². The van der Waals surface area contributed by atoms with Crippen LogP contribution in [-0.4, -0.2) is 39.4 Å². The first-order valence-electron chi connectivity index (χ1n) is 7.08. The predicted octanol–water partition coefficient (Wildman–Crippen LogP) is 2.60. The molecule has 0 radical (unpaired) electrons. The number of hydrogen-bond donors (Lipinski definition) is 0. The van der Waals surface area contributed by atoms with E-state index in [-0.39, 0.29) is 0 Å². The first-order valence-corrected chi connectivity index (χ1v) is 7.49. The van der Waals surface area contributed by atoms with Crippen molar-refractivity contribution >= 4 is 12.2 Å². The molecule has 0 unspecified atom stereocenters. The zero-order chi connectivity index (χ0) is 15.9. The van der Waals surface area contributed by atoms with Crippen molar-refractivity contribution in [3.8, 4) is 17.5 Å². The minimum absolute atomic E-state index is 0.494. The van der Waals surface area contributed by atoms with Crippen LogP contribution >= 0.6 is 12.2 Å². The first-order chi connectivity index (χ1) is 10.7. The van der Waals surface area contributed by atoms with Crippen molar-refractivity contribution in [3.63, 3.8) is 0 Å². The summed E-state index contributed by atoms with van der Waals surface area (Å²) in [6, 6.07) is 9.83.